The summed E-state index contributed by atoms with van der Waals surface area (Å²) in [5, 5.41) is 3.99. The van der Waals surface area contributed by atoms with E-state index in [1.807, 2.05) is 5.01 Å². The monoisotopic (exact) mass is 228 g/mol. The van der Waals surface area contributed by atoms with Crippen molar-refractivity contribution in [1.29, 1.82) is 0 Å². The van der Waals surface area contributed by atoms with Crippen LogP contribution in [0.2, 0.25) is 0 Å². The van der Waals surface area contributed by atoms with Crippen LogP contribution < -0.4 is 11.0 Å². The largest absolute Gasteiger partial charge is 0.354 e. The summed E-state index contributed by atoms with van der Waals surface area (Å²) in [6.07, 6.45) is 4.73. The van der Waals surface area contributed by atoms with Crippen molar-refractivity contribution in [2.75, 3.05) is 32.7 Å². The maximum atomic E-state index is 11.4. The van der Waals surface area contributed by atoms with Crippen LogP contribution in [-0.4, -0.2) is 48.7 Å². The molecule has 0 spiro atoms. The fourth-order valence-electron chi connectivity index (χ4n) is 2.01. The van der Waals surface area contributed by atoms with Crippen LogP contribution in [0.5, 0.6) is 0 Å². The lowest BCUT2D eigenvalue weighted by Gasteiger charge is -2.17. The Bertz CT molecular complexity index is 203. The lowest BCUT2D eigenvalue weighted by Crippen LogP contribution is -2.43. The normalized spacial score (nSPS) is 22.8. The van der Waals surface area contributed by atoms with Crippen molar-refractivity contribution in [2.45, 2.75) is 25.7 Å². The molecule has 0 saturated carbocycles. The zero-order valence-electron chi connectivity index (χ0n) is 9.57. The summed E-state index contributed by atoms with van der Waals surface area (Å²) in [6, 6.07) is 0. The second kappa shape index (κ2) is 6.15. The first-order valence-electron chi connectivity index (χ1n) is 6.03. The molecule has 6 nitrogen and oxygen atoms in total. The van der Waals surface area contributed by atoms with E-state index in [4.69, 9.17) is 4.84 Å². The molecule has 0 aliphatic carbocycles. The van der Waals surface area contributed by atoms with E-state index in [9.17, 15) is 4.79 Å². The first-order chi connectivity index (χ1) is 7.84. The van der Waals surface area contributed by atoms with E-state index < -0.39 is 0 Å². The van der Waals surface area contributed by atoms with E-state index in [0.29, 0.717) is 0 Å². The minimum atomic E-state index is -0.265. The van der Waals surface area contributed by atoms with Crippen molar-refractivity contribution in [3.8, 4) is 0 Å². The molecule has 2 heterocycles. The molecule has 2 aliphatic heterocycles. The molecule has 2 saturated heterocycles. The molecule has 0 radical (unpaired) electrons. The molecular weight excluding hydrogens is 208 g/mol. The molecule has 2 N–H and O–H groups in total. The molecule has 2 rings (SSSR count). The molecule has 0 atom stereocenters. The van der Waals surface area contributed by atoms with Crippen molar-refractivity contribution >= 4 is 5.97 Å². The maximum absolute atomic E-state index is 11.4. The Morgan fingerprint density at radius 1 is 1.00 bits per heavy atom. The highest BCUT2D eigenvalue weighted by atomic mass is 16.7. The molecule has 16 heavy (non-hydrogen) atoms. The average Bonchev–Trinajstić information content (AvgIpc) is 2.96. The van der Waals surface area contributed by atoms with Gasteiger partial charge >= 0.3 is 5.97 Å². The second-order valence-corrected chi connectivity index (χ2v) is 4.29. The van der Waals surface area contributed by atoms with E-state index in [0.717, 1.165) is 39.0 Å². The topological polar surface area (TPSA) is 56.8 Å². The van der Waals surface area contributed by atoms with Crippen LogP contribution in [0.4, 0.5) is 0 Å². The van der Waals surface area contributed by atoms with Crippen LogP contribution in [0.15, 0.2) is 0 Å². The van der Waals surface area contributed by atoms with Gasteiger partial charge in [0.05, 0.1) is 0 Å². The van der Waals surface area contributed by atoms with Gasteiger partial charge in [0.15, 0.2) is 0 Å². The lowest BCUT2D eigenvalue weighted by molar-refractivity contribution is -0.163. The third-order valence-electron chi connectivity index (χ3n) is 2.95. The minimum Gasteiger partial charge on any atom is -0.354 e. The van der Waals surface area contributed by atoms with Gasteiger partial charge in [0.2, 0.25) is 0 Å². The van der Waals surface area contributed by atoms with Crippen molar-refractivity contribution in [3.05, 3.63) is 0 Å². The maximum Gasteiger partial charge on any atom is 0.341 e. The van der Waals surface area contributed by atoms with Crippen LogP contribution in [0.25, 0.3) is 0 Å². The molecule has 0 aromatic carbocycles. The standard InChI is InChI=1S/C10H20N4O2/c15-10(9-11-13-5-1-2-6-13)16-12-14-7-3-4-8-14/h11-12H,1-9H2. The van der Waals surface area contributed by atoms with Gasteiger partial charge < -0.3 is 4.84 Å². The minimum absolute atomic E-state index is 0.237. The average molecular weight is 228 g/mol. The Morgan fingerprint density at radius 3 is 2.19 bits per heavy atom. The third-order valence-corrected chi connectivity index (χ3v) is 2.95. The molecule has 0 unspecified atom stereocenters. The first-order valence-corrected chi connectivity index (χ1v) is 6.03. The third kappa shape index (κ3) is 3.71. The van der Waals surface area contributed by atoms with Crippen molar-refractivity contribution < 1.29 is 9.63 Å². The molecule has 92 valence electrons. The van der Waals surface area contributed by atoms with Crippen LogP contribution in [0, 0.1) is 0 Å². The summed E-state index contributed by atoms with van der Waals surface area (Å²) in [5.74, 6) is -0.265. The fourth-order valence-corrected chi connectivity index (χ4v) is 2.01. The molecule has 0 aromatic heterocycles. The Balaban J connectivity index is 1.53. The van der Waals surface area contributed by atoms with E-state index in [1.165, 1.54) is 12.8 Å². The van der Waals surface area contributed by atoms with Gasteiger partial charge in [0, 0.05) is 26.2 Å². The van der Waals surface area contributed by atoms with Crippen LogP contribution in [-0.2, 0) is 9.63 Å². The Morgan fingerprint density at radius 2 is 1.56 bits per heavy atom. The number of nitrogens with one attached hydrogen (secondary N) is 2. The summed E-state index contributed by atoms with van der Waals surface area (Å²) in [5.41, 5.74) is 5.74. The van der Waals surface area contributed by atoms with Gasteiger partial charge in [0.25, 0.3) is 0 Å². The predicted octanol–water partition coefficient (Wildman–Crippen LogP) is -0.355. The number of carbonyl (C=O) groups excluding carboxylic acids is 1. The summed E-state index contributed by atoms with van der Waals surface area (Å²) < 4.78 is 0. The summed E-state index contributed by atoms with van der Waals surface area (Å²) in [7, 11) is 0. The highest BCUT2D eigenvalue weighted by Gasteiger charge is 2.15. The SMILES string of the molecule is O=C(CNN1CCCC1)ONN1CCCC1. The number of hydrogen-bond donors (Lipinski definition) is 2. The molecule has 2 fully saturated rings. The van der Waals surface area contributed by atoms with Gasteiger partial charge in [-0.3, -0.25) is 0 Å². The van der Waals surface area contributed by atoms with Gasteiger partial charge in [-0.2, -0.15) is 0 Å². The number of hydrogen-bond acceptors (Lipinski definition) is 6. The van der Waals surface area contributed by atoms with Crippen LogP contribution in [0.3, 0.4) is 0 Å². The summed E-state index contributed by atoms with van der Waals surface area (Å²) >= 11 is 0. The van der Waals surface area contributed by atoms with E-state index in [-0.39, 0.29) is 12.5 Å². The second-order valence-electron chi connectivity index (χ2n) is 4.29. The Hall–Kier alpha value is -0.690. The lowest BCUT2D eigenvalue weighted by atomic mass is 10.4. The first kappa shape index (κ1) is 11.8. The highest BCUT2D eigenvalue weighted by Crippen LogP contribution is 2.04. The van der Waals surface area contributed by atoms with Crippen LogP contribution in [0.1, 0.15) is 25.7 Å². The van der Waals surface area contributed by atoms with Crippen molar-refractivity contribution in [1.82, 2.24) is 21.0 Å². The number of rotatable bonds is 5. The number of carbonyl (C=O) groups is 1. The highest BCUT2D eigenvalue weighted by molar-refractivity contribution is 5.71. The Kier molecular flexibility index (Phi) is 4.53. The van der Waals surface area contributed by atoms with Gasteiger partial charge in [-0.25, -0.2) is 20.2 Å². The van der Waals surface area contributed by atoms with Gasteiger partial charge in [-0.1, -0.05) is 5.59 Å². The molecule has 0 bridgehead atoms. The molecule has 0 amide bonds. The quantitative estimate of drug-likeness (QED) is 0.627. The van der Waals surface area contributed by atoms with Gasteiger partial charge in [-0.15, -0.1) is 0 Å². The molecule has 6 heteroatoms. The number of hydrazine groups is 2. The molecule has 2 aliphatic rings. The van der Waals surface area contributed by atoms with E-state index in [2.05, 4.69) is 16.0 Å². The summed E-state index contributed by atoms with van der Waals surface area (Å²) in [6.45, 7) is 4.18. The zero-order valence-corrected chi connectivity index (χ0v) is 9.57. The molecular formula is C10H20N4O2. The molecule has 0 aromatic rings. The van der Waals surface area contributed by atoms with Crippen molar-refractivity contribution in [2.24, 2.45) is 0 Å². The smallest absolute Gasteiger partial charge is 0.341 e. The predicted molar refractivity (Wildman–Crippen MR) is 58.8 cm³/mol. The van der Waals surface area contributed by atoms with E-state index in [1.54, 1.807) is 0 Å². The summed E-state index contributed by atoms with van der Waals surface area (Å²) in [4.78, 5) is 16.3. The fraction of sp³-hybridized carbons (Fsp3) is 0.900. The number of nitrogens with zero attached hydrogens (tertiary/aromatic N) is 2. The van der Waals surface area contributed by atoms with Gasteiger partial charge in [-0.05, 0) is 25.7 Å². The van der Waals surface area contributed by atoms with E-state index >= 15 is 0 Å². The van der Waals surface area contributed by atoms with Crippen molar-refractivity contribution in [3.63, 3.8) is 0 Å². The Labute approximate surface area is 95.8 Å². The van der Waals surface area contributed by atoms with Gasteiger partial charge in [0.1, 0.15) is 6.54 Å². The van der Waals surface area contributed by atoms with Crippen LogP contribution >= 0.6 is 0 Å². The zero-order chi connectivity index (χ0) is 11.2.